The Hall–Kier alpha value is -1.91. The molecule has 0 radical (unpaired) electrons. The summed E-state index contributed by atoms with van der Waals surface area (Å²) in [7, 11) is 0. The Morgan fingerprint density at radius 1 is 1.26 bits per heavy atom. The van der Waals surface area contributed by atoms with Gasteiger partial charge in [0, 0.05) is 17.2 Å². The molecule has 2 N–H and O–H groups in total. The number of halogens is 1. The van der Waals surface area contributed by atoms with Crippen LogP contribution >= 0.6 is 11.6 Å². The molecule has 1 atom stereocenters. The number of nitrogens with one attached hydrogen (secondary N) is 1. The normalized spacial score (nSPS) is 12.8. The van der Waals surface area contributed by atoms with Gasteiger partial charge in [-0.2, -0.15) is 0 Å². The van der Waals surface area contributed by atoms with Crippen LogP contribution in [0.3, 0.4) is 0 Å². The topological polar surface area (TPSA) is 62.2 Å². The molecule has 0 saturated carbocycles. The number of carbonyl (C=O) groups is 1. The van der Waals surface area contributed by atoms with E-state index in [9.17, 15) is 9.90 Å². The molecule has 1 aromatic carbocycles. The molecule has 1 unspecified atom stereocenters. The summed E-state index contributed by atoms with van der Waals surface area (Å²) in [5.41, 5.74) is 1.62. The van der Waals surface area contributed by atoms with Crippen molar-refractivity contribution in [2.24, 2.45) is 5.41 Å². The number of amides is 1. The number of aromatic nitrogens is 1. The third-order valence-corrected chi connectivity index (χ3v) is 3.78. The zero-order valence-electron chi connectivity index (χ0n) is 13.7. The van der Waals surface area contributed by atoms with Crippen molar-refractivity contribution in [3.05, 3.63) is 58.2 Å². The van der Waals surface area contributed by atoms with Crippen molar-refractivity contribution in [3.63, 3.8) is 0 Å². The molecule has 0 aliphatic heterocycles. The van der Waals surface area contributed by atoms with Gasteiger partial charge < -0.3 is 10.4 Å². The third-order valence-electron chi connectivity index (χ3n) is 3.57. The molecule has 23 heavy (non-hydrogen) atoms. The number of hydrogen-bond acceptors (Lipinski definition) is 3. The molecule has 0 aliphatic carbocycles. The number of hydrogen-bond donors (Lipinski definition) is 2. The van der Waals surface area contributed by atoms with Gasteiger partial charge in [-0.25, -0.2) is 4.98 Å². The summed E-state index contributed by atoms with van der Waals surface area (Å²) >= 11 is 6.03. The lowest BCUT2D eigenvalue weighted by molar-refractivity contribution is -0.123. The van der Waals surface area contributed by atoms with Crippen LogP contribution in [0.2, 0.25) is 5.02 Å². The third kappa shape index (κ3) is 4.09. The van der Waals surface area contributed by atoms with E-state index in [1.54, 1.807) is 6.07 Å². The lowest BCUT2D eigenvalue weighted by Gasteiger charge is -2.21. The number of rotatable bonds is 3. The zero-order chi connectivity index (χ0) is 17.2. The first-order chi connectivity index (χ1) is 10.7. The fraction of sp³-hybridized carbons (Fsp3) is 0.333. The molecule has 1 heterocycles. The summed E-state index contributed by atoms with van der Waals surface area (Å²) in [6.07, 6.45) is 0.533. The molecule has 5 heteroatoms. The Kier molecular flexibility index (Phi) is 5.07. The molecule has 4 nitrogen and oxygen atoms in total. The van der Waals surface area contributed by atoms with Crippen molar-refractivity contribution in [2.75, 3.05) is 5.32 Å². The van der Waals surface area contributed by atoms with Crippen molar-refractivity contribution in [2.45, 2.75) is 33.8 Å². The second-order valence-electron chi connectivity index (χ2n) is 6.55. The molecule has 2 aromatic rings. The van der Waals surface area contributed by atoms with E-state index in [1.165, 1.54) is 6.20 Å². The van der Waals surface area contributed by atoms with Gasteiger partial charge in [0.15, 0.2) is 0 Å². The molecule has 0 aliphatic rings. The second-order valence-corrected chi connectivity index (χ2v) is 6.99. The minimum absolute atomic E-state index is 0.175. The van der Waals surface area contributed by atoms with Crippen LogP contribution in [-0.2, 0) is 4.79 Å². The average molecular weight is 333 g/mol. The van der Waals surface area contributed by atoms with Crippen molar-refractivity contribution in [1.82, 2.24) is 4.98 Å². The molecule has 2 rings (SSSR count). The number of pyridine rings is 1. The largest absolute Gasteiger partial charge is 0.384 e. The highest BCUT2D eigenvalue weighted by molar-refractivity contribution is 6.30. The van der Waals surface area contributed by atoms with Gasteiger partial charge in [0.2, 0.25) is 5.91 Å². The highest BCUT2D eigenvalue weighted by atomic mass is 35.5. The fourth-order valence-electron chi connectivity index (χ4n) is 2.12. The first-order valence-electron chi connectivity index (χ1n) is 7.40. The van der Waals surface area contributed by atoms with Crippen molar-refractivity contribution >= 4 is 23.3 Å². The smallest absolute Gasteiger partial charge is 0.230 e. The van der Waals surface area contributed by atoms with Crippen LogP contribution in [0, 0.1) is 12.3 Å². The minimum Gasteiger partial charge on any atom is -0.384 e. The molecular formula is C18H21ClN2O2. The van der Waals surface area contributed by atoms with Crippen LogP contribution in [0.1, 0.15) is 43.6 Å². The van der Waals surface area contributed by atoms with E-state index in [0.717, 1.165) is 11.1 Å². The molecule has 0 fully saturated rings. The van der Waals surface area contributed by atoms with Crippen LogP contribution in [0.25, 0.3) is 0 Å². The van der Waals surface area contributed by atoms with Crippen molar-refractivity contribution in [3.8, 4) is 0 Å². The Labute approximate surface area is 141 Å². The van der Waals surface area contributed by atoms with Crippen LogP contribution in [-0.4, -0.2) is 16.0 Å². The fourth-order valence-corrected chi connectivity index (χ4v) is 2.29. The van der Waals surface area contributed by atoms with E-state index in [1.807, 2.05) is 52.0 Å². The zero-order valence-corrected chi connectivity index (χ0v) is 14.5. The van der Waals surface area contributed by atoms with Crippen LogP contribution < -0.4 is 5.32 Å². The standard InChI is InChI=1S/C18H21ClN2O2/c1-11-7-5-6-8-13(11)15(22)14-9-12(19)10-20-16(14)21-17(23)18(2,3)4/h5-10,15,22H,1-4H3,(H,20,21,23). The number of aliphatic hydroxyl groups is 1. The maximum Gasteiger partial charge on any atom is 0.230 e. The van der Waals surface area contributed by atoms with Crippen LogP contribution in [0.15, 0.2) is 36.5 Å². The molecule has 0 saturated heterocycles. The van der Waals surface area contributed by atoms with Gasteiger partial charge in [-0.1, -0.05) is 56.6 Å². The van der Waals surface area contributed by atoms with Gasteiger partial charge in [-0.3, -0.25) is 4.79 Å². The maximum atomic E-state index is 12.2. The SMILES string of the molecule is Cc1ccccc1C(O)c1cc(Cl)cnc1NC(=O)C(C)(C)C. The summed E-state index contributed by atoms with van der Waals surface area (Å²) in [6.45, 7) is 7.37. The number of anilines is 1. The predicted octanol–water partition coefficient (Wildman–Crippen LogP) is 4.11. The van der Waals surface area contributed by atoms with Crippen molar-refractivity contribution < 1.29 is 9.90 Å². The lowest BCUT2D eigenvalue weighted by atomic mass is 9.95. The lowest BCUT2D eigenvalue weighted by Crippen LogP contribution is -2.28. The van der Waals surface area contributed by atoms with Gasteiger partial charge in [-0.05, 0) is 24.1 Å². The minimum atomic E-state index is -0.919. The van der Waals surface area contributed by atoms with Crippen molar-refractivity contribution in [1.29, 1.82) is 0 Å². The molecule has 1 aromatic heterocycles. The summed E-state index contributed by atoms with van der Waals surface area (Å²) in [5, 5.41) is 13.9. The monoisotopic (exact) mass is 332 g/mol. The average Bonchev–Trinajstić information content (AvgIpc) is 2.48. The Morgan fingerprint density at radius 3 is 2.52 bits per heavy atom. The molecule has 122 valence electrons. The first kappa shape index (κ1) is 17.4. The maximum absolute atomic E-state index is 12.2. The highest BCUT2D eigenvalue weighted by Gasteiger charge is 2.25. The molecule has 0 spiro atoms. The van der Waals surface area contributed by atoms with E-state index in [0.29, 0.717) is 16.4 Å². The van der Waals surface area contributed by atoms with E-state index in [2.05, 4.69) is 10.3 Å². The van der Waals surface area contributed by atoms with E-state index in [4.69, 9.17) is 11.6 Å². The quantitative estimate of drug-likeness (QED) is 0.889. The van der Waals surface area contributed by atoms with Gasteiger partial charge in [0.05, 0.1) is 5.02 Å². The number of nitrogens with zero attached hydrogens (tertiary/aromatic N) is 1. The van der Waals surface area contributed by atoms with E-state index < -0.39 is 11.5 Å². The first-order valence-corrected chi connectivity index (χ1v) is 7.78. The van der Waals surface area contributed by atoms with Gasteiger partial charge in [0.1, 0.15) is 11.9 Å². The van der Waals surface area contributed by atoms with Gasteiger partial charge in [-0.15, -0.1) is 0 Å². The molecule has 0 bridgehead atoms. The number of aliphatic hydroxyl groups excluding tert-OH is 1. The number of carbonyl (C=O) groups excluding carboxylic acids is 1. The summed E-state index contributed by atoms with van der Waals surface area (Å²) in [6, 6.07) is 9.16. The van der Waals surface area contributed by atoms with Gasteiger partial charge >= 0.3 is 0 Å². The van der Waals surface area contributed by atoms with Crippen LogP contribution in [0.5, 0.6) is 0 Å². The van der Waals surface area contributed by atoms with E-state index >= 15 is 0 Å². The second kappa shape index (κ2) is 6.69. The number of benzene rings is 1. The summed E-state index contributed by atoms with van der Waals surface area (Å²) in [5.74, 6) is 0.149. The van der Waals surface area contributed by atoms with Crippen LogP contribution in [0.4, 0.5) is 5.82 Å². The highest BCUT2D eigenvalue weighted by Crippen LogP contribution is 2.31. The Balaban J connectivity index is 2.43. The molecular weight excluding hydrogens is 312 g/mol. The molecule has 1 amide bonds. The number of aryl methyl sites for hydroxylation is 1. The Morgan fingerprint density at radius 2 is 1.91 bits per heavy atom. The Bertz CT molecular complexity index is 723. The summed E-state index contributed by atoms with van der Waals surface area (Å²) < 4.78 is 0. The summed E-state index contributed by atoms with van der Waals surface area (Å²) in [4.78, 5) is 16.4. The van der Waals surface area contributed by atoms with Gasteiger partial charge in [0.25, 0.3) is 0 Å². The van der Waals surface area contributed by atoms with E-state index in [-0.39, 0.29) is 5.91 Å². The predicted molar refractivity (Wildman–Crippen MR) is 92.6 cm³/mol.